The Morgan fingerprint density at radius 3 is 2.65 bits per heavy atom. The van der Waals surface area contributed by atoms with Gasteiger partial charge in [-0.2, -0.15) is 0 Å². The molecule has 1 aliphatic heterocycles. The molecule has 2 fully saturated rings. The first-order valence-corrected chi connectivity index (χ1v) is 11.7. The number of ether oxygens (including phenoxy) is 2. The highest BCUT2D eigenvalue weighted by Crippen LogP contribution is 2.37. The predicted octanol–water partition coefficient (Wildman–Crippen LogP) is 2.07. The third-order valence-electron chi connectivity index (χ3n) is 6.40. The number of hydrogen-bond donors (Lipinski definition) is 3. The van der Waals surface area contributed by atoms with E-state index in [0.717, 1.165) is 18.4 Å². The van der Waals surface area contributed by atoms with E-state index in [2.05, 4.69) is 22.5 Å². The second-order valence-electron chi connectivity index (χ2n) is 8.94. The monoisotopic (exact) mass is 471 g/mol. The largest absolute Gasteiger partial charge is 0.451 e. The second-order valence-corrected chi connectivity index (χ2v) is 8.94. The van der Waals surface area contributed by atoms with Gasteiger partial charge in [0.25, 0.3) is 5.91 Å². The van der Waals surface area contributed by atoms with Crippen molar-refractivity contribution in [3.05, 3.63) is 48.6 Å². The number of cyclic esters (lactones) is 1. The minimum absolute atomic E-state index is 0.0187. The van der Waals surface area contributed by atoms with Crippen LogP contribution in [0.15, 0.2) is 43.0 Å². The van der Waals surface area contributed by atoms with Crippen LogP contribution in [0.4, 0.5) is 4.79 Å². The SMILES string of the molecule is C=C[C@H](C[C@@H]1C[C@@H]1NC(=O)[C@@H]1OC(=O)[C@H]1[C@@H](C)CC)NC(=O)CNC(=O)OCc1ccccc1. The maximum Gasteiger partial charge on any atom is 0.407 e. The van der Waals surface area contributed by atoms with Crippen LogP contribution in [0, 0.1) is 17.8 Å². The van der Waals surface area contributed by atoms with E-state index in [0.29, 0.717) is 6.42 Å². The van der Waals surface area contributed by atoms with Crippen molar-refractivity contribution in [2.24, 2.45) is 17.8 Å². The van der Waals surface area contributed by atoms with E-state index in [1.165, 1.54) is 0 Å². The molecule has 0 radical (unpaired) electrons. The lowest BCUT2D eigenvalue weighted by molar-refractivity contribution is -0.193. The third kappa shape index (κ3) is 6.82. The second kappa shape index (κ2) is 11.7. The van der Waals surface area contributed by atoms with Gasteiger partial charge in [-0.1, -0.05) is 56.7 Å². The summed E-state index contributed by atoms with van der Waals surface area (Å²) >= 11 is 0. The Bertz CT molecular complexity index is 905. The zero-order chi connectivity index (χ0) is 24.7. The molecule has 3 amide bonds. The Kier molecular flexibility index (Phi) is 8.67. The molecule has 9 nitrogen and oxygen atoms in total. The van der Waals surface area contributed by atoms with Gasteiger partial charge in [0, 0.05) is 12.1 Å². The first kappa shape index (κ1) is 25.3. The standard InChI is InChI=1S/C25H33N3O6/c1-4-15(3)21-22(34-24(21)31)23(30)28-19-12-17(19)11-18(5-2)27-20(29)13-26-25(32)33-14-16-9-7-6-8-10-16/h5-10,15,17-19,21-22H,2,4,11-14H2,1,3H3,(H,26,32)(H,27,29)(H,28,30)/t15-,17+,18+,19-,21-,22+/m0/s1. The summed E-state index contributed by atoms with van der Waals surface area (Å²) in [5, 5.41) is 8.19. The average Bonchev–Trinajstić information content (AvgIpc) is 3.56. The van der Waals surface area contributed by atoms with Crippen molar-refractivity contribution >= 4 is 23.9 Å². The number of carbonyl (C=O) groups is 4. The number of hydrogen-bond acceptors (Lipinski definition) is 6. The van der Waals surface area contributed by atoms with Crippen molar-refractivity contribution < 1.29 is 28.7 Å². The van der Waals surface area contributed by atoms with E-state index < -0.39 is 12.2 Å². The van der Waals surface area contributed by atoms with Crippen LogP contribution in [0.1, 0.15) is 38.7 Å². The summed E-state index contributed by atoms with van der Waals surface area (Å²) in [6.45, 7) is 7.60. The molecule has 9 heteroatoms. The molecule has 0 unspecified atom stereocenters. The van der Waals surface area contributed by atoms with Crippen LogP contribution < -0.4 is 16.0 Å². The molecule has 1 aromatic carbocycles. The van der Waals surface area contributed by atoms with Crippen molar-refractivity contribution in [1.82, 2.24) is 16.0 Å². The van der Waals surface area contributed by atoms with E-state index in [4.69, 9.17) is 9.47 Å². The van der Waals surface area contributed by atoms with Crippen molar-refractivity contribution in [2.45, 2.75) is 57.9 Å². The molecule has 6 atom stereocenters. The lowest BCUT2D eigenvalue weighted by Gasteiger charge is -2.37. The Morgan fingerprint density at radius 2 is 2.00 bits per heavy atom. The molecular formula is C25H33N3O6. The van der Waals surface area contributed by atoms with E-state index >= 15 is 0 Å². The number of alkyl carbamates (subject to hydrolysis) is 1. The lowest BCUT2D eigenvalue weighted by Crippen LogP contribution is -2.56. The number of amides is 3. The summed E-state index contributed by atoms with van der Waals surface area (Å²) in [4.78, 5) is 48.2. The summed E-state index contributed by atoms with van der Waals surface area (Å²) in [5.41, 5.74) is 0.853. The summed E-state index contributed by atoms with van der Waals surface area (Å²) in [6, 6.07) is 8.93. The Labute approximate surface area is 199 Å². The van der Waals surface area contributed by atoms with Crippen LogP contribution in [0.5, 0.6) is 0 Å². The summed E-state index contributed by atoms with van der Waals surface area (Å²) in [5.74, 6) is -1.02. The van der Waals surface area contributed by atoms with E-state index in [1.807, 2.05) is 44.2 Å². The van der Waals surface area contributed by atoms with Crippen LogP contribution in [0.3, 0.4) is 0 Å². The lowest BCUT2D eigenvalue weighted by atomic mass is 9.83. The summed E-state index contributed by atoms with van der Waals surface area (Å²) in [7, 11) is 0. The molecule has 34 heavy (non-hydrogen) atoms. The van der Waals surface area contributed by atoms with Crippen LogP contribution in [0.2, 0.25) is 0 Å². The van der Waals surface area contributed by atoms with Crippen LogP contribution in [0.25, 0.3) is 0 Å². The minimum Gasteiger partial charge on any atom is -0.451 e. The van der Waals surface area contributed by atoms with E-state index in [-0.39, 0.29) is 60.8 Å². The molecule has 2 aliphatic rings. The van der Waals surface area contributed by atoms with Crippen molar-refractivity contribution in [3.63, 3.8) is 0 Å². The first-order valence-electron chi connectivity index (χ1n) is 11.7. The maximum absolute atomic E-state index is 12.5. The molecule has 0 spiro atoms. The number of nitrogens with one attached hydrogen (secondary N) is 3. The Balaban J connectivity index is 1.33. The van der Waals surface area contributed by atoms with Crippen LogP contribution >= 0.6 is 0 Å². The number of carbonyl (C=O) groups excluding carboxylic acids is 4. The molecular weight excluding hydrogens is 438 g/mol. The van der Waals surface area contributed by atoms with Crippen LogP contribution in [-0.4, -0.2) is 48.6 Å². The van der Waals surface area contributed by atoms with E-state index in [9.17, 15) is 19.2 Å². The molecule has 0 bridgehead atoms. The maximum atomic E-state index is 12.5. The topological polar surface area (TPSA) is 123 Å². The van der Waals surface area contributed by atoms with Gasteiger partial charge in [0.1, 0.15) is 19.1 Å². The third-order valence-corrected chi connectivity index (χ3v) is 6.40. The van der Waals surface area contributed by atoms with Gasteiger partial charge in [0.2, 0.25) is 5.91 Å². The van der Waals surface area contributed by atoms with Gasteiger partial charge in [-0.05, 0) is 30.2 Å². The Morgan fingerprint density at radius 1 is 1.26 bits per heavy atom. The first-order chi connectivity index (χ1) is 16.3. The van der Waals surface area contributed by atoms with Gasteiger partial charge >= 0.3 is 12.1 Å². The molecule has 1 saturated carbocycles. The fourth-order valence-corrected chi connectivity index (χ4v) is 4.00. The van der Waals surface area contributed by atoms with Crippen molar-refractivity contribution in [1.29, 1.82) is 0 Å². The van der Waals surface area contributed by atoms with E-state index in [1.54, 1.807) is 6.08 Å². The highest BCUT2D eigenvalue weighted by atomic mass is 16.6. The molecule has 3 N–H and O–H groups in total. The fourth-order valence-electron chi connectivity index (χ4n) is 4.00. The highest BCUT2D eigenvalue weighted by Gasteiger charge is 2.51. The van der Waals surface area contributed by atoms with Gasteiger partial charge in [-0.15, -0.1) is 6.58 Å². The number of benzene rings is 1. The van der Waals surface area contributed by atoms with Crippen LogP contribution in [-0.2, 0) is 30.5 Å². The molecule has 3 rings (SSSR count). The van der Waals surface area contributed by atoms with Gasteiger partial charge in [-0.3, -0.25) is 14.4 Å². The molecule has 0 aromatic heterocycles. The molecule has 1 aliphatic carbocycles. The molecule has 1 aromatic rings. The summed E-state index contributed by atoms with van der Waals surface area (Å²) < 4.78 is 10.2. The highest BCUT2D eigenvalue weighted by molar-refractivity contribution is 5.94. The fraction of sp³-hybridized carbons (Fsp3) is 0.520. The molecule has 1 heterocycles. The molecule has 1 saturated heterocycles. The summed E-state index contributed by atoms with van der Waals surface area (Å²) in [6.07, 6.45) is 2.44. The van der Waals surface area contributed by atoms with Gasteiger partial charge in [0.05, 0.1) is 0 Å². The van der Waals surface area contributed by atoms with Gasteiger partial charge in [-0.25, -0.2) is 4.79 Å². The van der Waals surface area contributed by atoms with Gasteiger partial charge < -0.3 is 25.4 Å². The van der Waals surface area contributed by atoms with Crippen molar-refractivity contribution in [3.8, 4) is 0 Å². The van der Waals surface area contributed by atoms with Gasteiger partial charge in [0.15, 0.2) is 6.10 Å². The zero-order valence-electron chi connectivity index (χ0n) is 19.6. The number of esters is 1. The average molecular weight is 472 g/mol. The number of rotatable bonds is 12. The van der Waals surface area contributed by atoms with Crippen molar-refractivity contribution in [2.75, 3.05) is 6.54 Å². The molecule has 184 valence electrons. The minimum atomic E-state index is -0.716. The quantitative estimate of drug-likeness (QED) is 0.317. The Hall–Kier alpha value is -3.36. The smallest absolute Gasteiger partial charge is 0.407 e. The predicted molar refractivity (Wildman–Crippen MR) is 124 cm³/mol. The normalized spacial score (nSPS) is 24.5. The zero-order valence-corrected chi connectivity index (χ0v) is 19.6.